The van der Waals surface area contributed by atoms with E-state index < -0.39 is 11.8 Å². The van der Waals surface area contributed by atoms with Gasteiger partial charge in [-0.1, -0.05) is 23.7 Å². The molecule has 0 bridgehead atoms. The van der Waals surface area contributed by atoms with Crippen molar-refractivity contribution in [3.8, 4) is 17.0 Å². The summed E-state index contributed by atoms with van der Waals surface area (Å²) in [6.45, 7) is 0.879. The van der Waals surface area contributed by atoms with Crippen LogP contribution in [-0.2, 0) is 0 Å². The van der Waals surface area contributed by atoms with E-state index in [-0.39, 0.29) is 5.69 Å². The number of pyridine rings is 2. The van der Waals surface area contributed by atoms with Crippen molar-refractivity contribution in [2.24, 2.45) is 0 Å². The molecule has 0 saturated heterocycles. The maximum Gasteiger partial charge on any atom is 0.327 e. The van der Waals surface area contributed by atoms with Crippen LogP contribution in [0.3, 0.4) is 0 Å². The van der Waals surface area contributed by atoms with Gasteiger partial charge in [0, 0.05) is 23.2 Å². The van der Waals surface area contributed by atoms with Crippen LogP contribution >= 0.6 is 11.6 Å². The Hall–Kier alpha value is -3.19. The molecule has 2 aromatic heterocycles. The summed E-state index contributed by atoms with van der Waals surface area (Å²) >= 11 is 6.08. The molecule has 0 fully saturated rings. The van der Waals surface area contributed by atoms with Gasteiger partial charge in [-0.25, -0.2) is 14.2 Å². The molecule has 2 amide bonds. The van der Waals surface area contributed by atoms with Crippen molar-refractivity contribution in [3.63, 3.8) is 0 Å². The van der Waals surface area contributed by atoms with Crippen LogP contribution < -0.4 is 15.0 Å². The normalized spacial score (nSPS) is 13.3. The molecule has 3 heterocycles. The Morgan fingerprint density at radius 2 is 2.11 bits per heavy atom. The van der Waals surface area contributed by atoms with Gasteiger partial charge in [-0.2, -0.15) is 0 Å². The number of aromatic nitrogens is 2. The van der Waals surface area contributed by atoms with Gasteiger partial charge in [0.1, 0.15) is 5.82 Å². The van der Waals surface area contributed by atoms with E-state index in [4.69, 9.17) is 16.3 Å². The minimum atomic E-state index is -0.529. The fraction of sp³-hybridized carbons (Fsp3) is 0.150. The number of anilines is 2. The van der Waals surface area contributed by atoms with E-state index in [0.717, 1.165) is 11.8 Å². The highest BCUT2D eigenvalue weighted by molar-refractivity contribution is 6.30. The standard InChI is InChI=1S/C20H16ClFN4O2/c21-14-4-1-3-13(9-14)17-5-6-18-19(25-17)26(7-2-8-28-18)20(27)24-16-10-15(22)11-23-12-16/h1,3-6,9-12H,2,7-8H2,(H,24,27). The van der Waals surface area contributed by atoms with Gasteiger partial charge in [0.05, 0.1) is 30.4 Å². The molecule has 0 atom stereocenters. The Balaban J connectivity index is 1.68. The highest BCUT2D eigenvalue weighted by atomic mass is 35.5. The number of hydrogen-bond donors (Lipinski definition) is 1. The van der Waals surface area contributed by atoms with E-state index in [1.54, 1.807) is 18.2 Å². The Kier molecular flexibility index (Phi) is 5.08. The lowest BCUT2D eigenvalue weighted by Gasteiger charge is -2.21. The third-order valence-electron chi connectivity index (χ3n) is 4.20. The second kappa shape index (κ2) is 7.82. The molecular formula is C20H16ClFN4O2. The number of hydrogen-bond acceptors (Lipinski definition) is 4. The van der Waals surface area contributed by atoms with Crippen molar-refractivity contribution >= 4 is 29.1 Å². The molecule has 1 N–H and O–H groups in total. The first kappa shape index (κ1) is 18.2. The van der Waals surface area contributed by atoms with Gasteiger partial charge >= 0.3 is 6.03 Å². The van der Waals surface area contributed by atoms with E-state index in [1.165, 1.54) is 17.2 Å². The van der Waals surface area contributed by atoms with E-state index >= 15 is 0 Å². The van der Waals surface area contributed by atoms with Crippen LogP contribution in [0.5, 0.6) is 5.75 Å². The Morgan fingerprint density at radius 1 is 1.21 bits per heavy atom. The zero-order valence-corrected chi connectivity index (χ0v) is 15.5. The van der Waals surface area contributed by atoms with Crippen LogP contribution in [0.1, 0.15) is 6.42 Å². The minimum Gasteiger partial charge on any atom is -0.490 e. The summed E-state index contributed by atoms with van der Waals surface area (Å²) < 4.78 is 19.1. The van der Waals surface area contributed by atoms with Crippen molar-refractivity contribution < 1.29 is 13.9 Å². The van der Waals surface area contributed by atoms with Gasteiger partial charge in [0.15, 0.2) is 11.6 Å². The summed E-state index contributed by atoms with van der Waals surface area (Å²) in [5, 5.41) is 3.25. The van der Waals surface area contributed by atoms with E-state index in [2.05, 4.69) is 15.3 Å². The summed E-state index contributed by atoms with van der Waals surface area (Å²) in [6.07, 6.45) is 3.09. The summed E-state index contributed by atoms with van der Waals surface area (Å²) in [7, 11) is 0. The number of halogens is 2. The monoisotopic (exact) mass is 398 g/mol. The highest BCUT2D eigenvalue weighted by Gasteiger charge is 2.24. The SMILES string of the molecule is O=C(Nc1cncc(F)c1)N1CCCOc2ccc(-c3cccc(Cl)c3)nc21. The molecule has 8 heteroatoms. The summed E-state index contributed by atoms with van der Waals surface area (Å²) in [6, 6.07) is 11.7. The number of ether oxygens (including phenoxy) is 1. The maximum atomic E-state index is 13.4. The molecule has 0 radical (unpaired) electrons. The molecule has 1 aliphatic heterocycles. The van der Waals surface area contributed by atoms with Crippen LogP contribution in [0, 0.1) is 5.82 Å². The average molecular weight is 399 g/mol. The third kappa shape index (κ3) is 3.89. The fourth-order valence-electron chi connectivity index (χ4n) is 2.93. The second-order valence-electron chi connectivity index (χ2n) is 6.20. The van der Waals surface area contributed by atoms with Crippen molar-refractivity contribution in [2.45, 2.75) is 6.42 Å². The van der Waals surface area contributed by atoms with Gasteiger partial charge in [-0.3, -0.25) is 9.88 Å². The van der Waals surface area contributed by atoms with Crippen LogP contribution in [-0.4, -0.2) is 29.2 Å². The molecule has 28 heavy (non-hydrogen) atoms. The Labute approximate surface area is 165 Å². The molecule has 6 nitrogen and oxygen atoms in total. The van der Waals surface area contributed by atoms with Gasteiger partial charge in [0.2, 0.25) is 0 Å². The summed E-state index contributed by atoms with van der Waals surface area (Å²) in [5.74, 6) is 0.381. The maximum absolute atomic E-state index is 13.4. The lowest BCUT2D eigenvalue weighted by atomic mass is 10.1. The summed E-state index contributed by atoms with van der Waals surface area (Å²) in [5.41, 5.74) is 1.76. The smallest absolute Gasteiger partial charge is 0.327 e. The number of fused-ring (bicyclic) bond motifs is 1. The van der Waals surface area contributed by atoms with E-state index in [1.807, 2.05) is 18.2 Å². The zero-order chi connectivity index (χ0) is 19.5. The number of nitrogens with zero attached hydrogens (tertiary/aromatic N) is 3. The van der Waals surface area contributed by atoms with Crippen molar-refractivity contribution in [1.82, 2.24) is 9.97 Å². The van der Waals surface area contributed by atoms with Gasteiger partial charge in [0.25, 0.3) is 0 Å². The molecule has 4 rings (SSSR count). The number of nitrogens with one attached hydrogen (secondary N) is 1. The first-order valence-corrected chi connectivity index (χ1v) is 9.07. The molecule has 1 aromatic carbocycles. The Morgan fingerprint density at radius 3 is 2.93 bits per heavy atom. The molecule has 142 valence electrons. The zero-order valence-electron chi connectivity index (χ0n) is 14.7. The number of carbonyl (C=O) groups excluding carboxylic acids is 1. The lowest BCUT2D eigenvalue weighted by molar-refractivity contribution is 0.256. The van der Waals surface area contributed by atoms with E-state index in [0.29, 0.717) is 41.9 Å². The van der Waals surface area contributed by atoms with Gasteiger partial charge in [-0.15, -0.1) is 0 Å². The van der Waals surface area contributed by atoms with Crippen molar-refractivity contribution in [3.05, 3.63) is 65.7 Å². The molecule has 1 aliphatic rings. The third-order valence-corrected chi connectivity index (χ3v) is 4.44. The lowest BCUT2D eigenvalue weighted by Crippen LogP contribution is -2.36. The fourth-order valence-corrected chi connectivity index (χ4v) is 3.12. The number of benzene rings is 1. The number of urea groups is 1. The van der Waals surface area contributed by atoms with Gasteiger partial charge in [-0.05, 0) is 30.7 Å². The number of carbonyl (C=O) groups is 1. The molecule has 3 aromatic rings. The van der Waals surface area contributed by atoms with Crippen LogP contribution in [0.2, 0.25) is 5.02 Å². The molecule has 0 aliphatic carbocycles. The van der Waals surface area contributed by atoms with Gasteiger partial charge < -0.3 is 10.1 Å². The summed E-state index contributed by atoms with van der Waals surface area (Å²) in [4.78, 5) is 22.7. The van der Waals surface area contributed by atoms with Crippen LogP contribution in [0.15, 0.2) is 54.9 Å². The molecular weight excluding hydrogens is 383 g/mol. The minimum absolute atomic E-state index is 0.266. The highest BCUT2D eigenvalue weighted by Crippen LogP contribution is 2.33. The first-order valence-electron chi connectivity index (χ1n) is 8.69. The van der Waals surface area contributed by atoms with Crippen LogP contribution in [0.4, 0.5) is 20.7 Å². The largest absolute Gasteiger partial charge is 0.490 e. The number of rotatable bonds is 2. The first-order chi connectivity index (χ1) is 13.6. The second-order valence-corrected chi connectivity index (χ2v) is 6.64. The predicted molar refractivity (Wildman–Crippen MR) is 105 cm³/mol. The molecule has 0 unspecified atom stereocenters. The van der Waals surface area contributed by atoms with Crippen molar-refractivity contribution in [2.75, 3.05) is 23.4 Å². The van der Waals surface area contributed by atoms with E-state index in [9.17, 15) is 9.18 Å². The molecule has 0 spiro atoms. The molecule has 0 saturated carbocycles. The topological polar surface area (TPSA) is 67.4 Å². The average Bonchev–Trinajstić information content (AvgIpc) is 2.90. The number of amides is 2. The van der Waals surface area contributed by atoms with Crippen molar-refractivity contribution in [1.29, 1.82) is 0 Å². The van der Waals surface area contributed by atoms with Crippen LogP contribution in [0.25, 0.3) is 11.3 Å². The predicted octanol–water partition coefficient (Wildman–Crippen LogP) is 4.76. The quantitative estimate of drug-likeness (QED) is 0.676. The Bertz CT molecular complexity index is 1030.